The number of nitriles is 1. The highest BCUT2D eigenvalue weighted by Crippen LogP contribution is 2.40. The number of β-amino-alcohol motifs (C(OH)–C–C–N with tert-alkyl or cyclic N) is 1. The Bertz CT molecular complexity index is 3030. The Morgan fingerprint density at radius 2 is 1.62 bits per heavy atom. The number of aliphatic hydroxyl groups excluding tert-OH is 1. The first-order valence-electron chi connectivity index (χ1n) is 22.5. The average Bonchev–Trinajstić information content (AvgIpc) is 4.09. The zero-order valence-electron chi connectivity index (χ0n) is 39.5. The number of aliphatic hydroxyl groups is 1. The van der Waals surface area contributed by atoms with Gasteiger partial charge in [0.2, 0.25) is 11.8 Å². The van der Waals surface area contributed by atoms with Crippen LogP contribution in [0.15, 0.2) is 77.2 Å². The molecule has 0 spiro atoms. The van der Waals surface area contributed by atoms with Crippen molar-refractivity contribution in [1.82, 2.24) is 35.3 Å². The van der Waals surface area contributed by atoms with Crippen molar-refractivity contribution in [1.29, 1.82) is 5.26 Å². The van der Waals surface area contributed by atoms with E-state index in [1.165, 1.54) is 4.90 Å². The van der Waals surface area contributed by atoms with E-state index in [-0.39, 0.29) is 36.7 Å². The molecule has 1 fully saturated rings. The summed E-state index contributed by atoms with van der Waals surface area (Å²) in [5.41, 5.74) is 8.90. The van der Waals surface area contributed by atoms with Crippen molar-refractivity contribution in [2.24, 2.45) is 10.4 Å². The van der Waals surface area contributed by atoms with Gasteiger partial charge in [-0.15, -0.1) is 32.9 Å². The maximum Gasteiger partial charge on any atom is 0.306 e. The number of aromatic nitrogens is 4. The number of benzene rings is 3. The van der Waals surface area contributed by atoms with Crippen LogP contribution < -0.4 is 15.4 Å². The van der Waals surface area contributed by atoms with Crippen molar-refractivity contribution < 1.29 is 34.1 Å². The smallest absolute Gasteiger partial charge is 0.306 e. The molecule has 5 atom stereocenters. The third kappa shape index (κ3) is 9.94. The van der Waals surface area contributed by atoms with Crippen molar-refractivity contribution in [3.05, 3.63) is 122 Å². The normalized spacial score (nSPS) is 17.4. The van der Waals surface area contributed by atoms with Gasteiger partial charge in [0.25, 0.3) is 5.91 Å². The number of aryl methyl sites for hydroxylation is 3. The van der Waals surface area contributed by atoms with Gasteiger partial charge >= 0.3 is 5.97 Å². The summed E-state index contributed by atoms with van der Waals surface area (Å²) in [7, 11) is 0. The third-order valence-corrected chi connectivity index (χ3v) is 14.8. The summed E-state index contributed by atoms with van der Waals surface area (Å²) < 4.78 is 7.79. The average molecular weight is 968 g/mol. The molecule has 18 heteroatoms. The second kappa shape index (κ2) is 19.5. The highest BCUT2D eigenvalue weighted by molar-refractivity contribution is 7.15. The standard InChI is InChI=1S/C51H53N9O7S2/c1-26-29(4)69-50-43(26)44(55-38(21-42(63)64)47-58-57-30(5)60(47)50)33-13-11-32(12-14-33)35-17-18-40(36(19-35)22-52)67-24-41(62)56-46(51(6,7)8)49(66)59-23-37(61)20-39(59)48(65)54-27(2)31-9-15-34(16-10-31)45-28(3)53-25-68-45/h9-19,25,27,37-39,46,61H,20-21,23-24H2,1-8H3,(H,54,65)(H,56,62)(H,63,64)/t27?,37-,38?,39+,46?/m1/s1. The van der Waals surface area contributed by atoms with Crippen molar-refractivity contribution in [2.45, 2.75) is 98.5 Å². The molecule has 69 heavy (non-hydrogen) atoms. The number of hydrogen-bond acceptors (Lipinski definition) is 13. The molecular formula is C51H53N9O7S2. The minimum Gasteiger partial charge on any atom is -0.482 e. The molecule has 0 radical (unpaired) electrons. The highest BCUT2D eigenvalue weighted by atomic mass is 32.1. The summed E-state index contributed by atoms with van der Waals surface area (Å²) in [4.78, 5) is 66.4. The van der Waals surface area contributed by atoms with Crippen LogP contribution in [0.2, 0.25) is 0 Å². The summed E-state index contributed by atoms with van der Waals surface area (Å²) in [6.07, 6.45) is -1.15. The number of thiazole rings is 1. The molecule has 0 bridgehead atoms. The molecule has 0 aliphatic carbocycles. The number of carbonyl (C=O) groups excluding carboxylic acids is 3. The number of thiophene rings is 1. The van der Waals surface area contributed by atoms with Crippen molar-refractivity contribution in [3.63, 3.8) is 0 Å². The number of nitrogens with one attached hydrogen (secondary N) is 2. The quantitative estimate of drug-likeness (QED) is 0.0896. The minimum atomic E-state index is -1.08. The van der Waals surface area contributed by atoms with Crippen LogP contribution in [0.4, 0.5) is 0 Å². The third-order valence-electron chi connectivity index (χ3n) is 12.6. The van der Waals surface area contributed by atoms with Gasteiger partial charge in [0.15, 0.2) is 12.4 Å². The van der Waals surface area contributed by atoms with E-state index in [9.17, 15) is 34.7 Å². The lowest BCUT2D eigenvalue weighted by atomic mass is 9.85. The molecule has 356 valence electrons. The Labute approximate surface area is 407 Å². The molecule has 1 saturated heterocycles. The Morgan fingerprint density at radius 1 is 0.942 bits per heavy atom. The van der Waals surface area contributed by atoms with Crippen molar-refractivity contribution in [3.8, 4) is 38.4 Å². The van der Waals surface area contributed by atoms with Crippen molar-refractivity contribution in [2.75, 3.05) is 13.2 Å². The van der Waals surface area contributed by atoms with Gasteiger partial charge in [-0.05, 0) is 80.0 Å². The molecule has 4 N–H and O–H groups in total. The van der Waals surface area contributed by atoms with Crippen LogP contribution >= 0.6 is 22.7 Å². The summed E-state index contributed by atoms with van der Waals surface area (Å²) in [5, 5.41) is 46.0. The van der Waals surface area contributed by atoms with Gasteiger partial charge in [-0.25, -0.2) is 4.98 Å². The number of hydrogen-bond donors (Lipinski definition) is 4. The molecule has 0 saturated carbocycles. The first kappa shape index (κ1) is 48.4. The number of carboxylic acid groups (broad SMARTS) is 1. The van der Waals surface area contributed by atoms with Gasteiger partial charge in [0.1, 0.15) is 40.8 Å². The van der Waals surface area contributed by atoms with E-state index in [1.54, 1.807) is 67.2 Å². The maximum atomic E-state index is 14.3. The molecule has 6 aromatic rings. The van der Waals surface area contributed by atoms with Gasteiger partial charge in [-0.1, -0.05) is 75.4 Å². The Morgan fingerprint density at radius 3 is 2.28 bits per heavy atom. The molecule has 5 heterocycles. The number of likely N-dealkylation sites (tertiary alicyclic amines) is 1. The predicted molar refractivity (Wildman–Crippen MR) is 263 cm³/mol. The molecule has 2 aliphatic rings. The number of rotatable bonds is 13. The molecule has 8 rings (SSSR count). The van der Waals surface area contributed by atoms with Crippen LogP contribution in [0, 0.1) is 44.4 Å². The van der Waals surface area contributed by atoms with E-state index in [2.05, 4.69) is 31.9 Å². The zero-order chi connectivity index (χ0) is 49.5. The number of fused-ring (bicyclic) bond motifs is 3. The molecule has 16 nitrogen and oxygen atoms in total. The van der Waals surface area contributed by atoms with Gasteiger partial charge in [-0.2, -0.15) is 5.26 Å². The Hall–Kier alpha value is -7.07. The van der Waals surface area contributed by atoms with E-state index in [0.717, 1.165) is 53.8 Å². The van der Waals surface area contributed by atoms with E-state index < -0.39 is 59.9 Å². The molecular weight excluding hydrogens is 915 g/mol. The van der Waals surface area contributed by atoms with Crippen LogP contribution in [0.1, 0.15) is 103 Å². The number of carbonyl (C=O) groups is 4. The lowest BCUT2D eigenvalue weighted by molar-refractivity contribution is -0.144. The van der Waals surface area contributed by atoms with Crippen LogP contribution in [-0.2, 0) is 19.2 Å². The number of ether oxygens (including phenoxy) is 1. The summed E-state index contributed by atoms with van der Waals surface area (Å²) in [6, 6.07) is 19.5. The first-order chi connectivity index (χ1) is 32.8. The number of carboxylic acids is 1. The second-order valence-corrected chi connectivity index (χ2v) is 20.6. The lowest BCUT2D eigenvalue weighted by Crippen LogP contribution is -2.58. The van der Waals surface area contributed by atoms with E-state index in [4.69, 9.17) is 9.73 Å². The predicted octanol–water partition coefficient (Wildman–Crippen LogP) is 7.34. The SMILES string of the molecule is Cc1ncsc1-c1ccc(C(C)NC(=O)[C@@H]2C[C@@H](O)CN2C(=O)C(NC(=O)COc2ccc(-c3ccc(C4=NC(CC(=O)O)c5nnc(C)n5-c5sc(C)c(C)c54)cc3)cc2C#N)C(C)(C)C)cc1. The number of aliphatic carboxylic acids is 1. The van der Waals surface area contributed by atoms with E-state index in [0.29, 0.717) is 22.9 Å². The fraction of sp³-hybridized carbons (Fsp3) is 0.353. The van der Waals surface area contributed by atoms with E-state index >= 15 is 0 Å². The summed E-state index contributed by atoms with van der Waals surface area (Å²) >= 11 is 3.14. The van der Waals surface area contributed by atoms with Crippen LogP contribution in [0.5, 0.6) is 5.75 Å². The Kier molecular flexibility index (Phi) is 13.7. The van der Waals surface area contributed by atoms with Gasteiger partial charge < -0.3 is 30.5 Å². The van der Waals surface area contributed by atoms with Crippen molar-refractivity contribution >= 4 is 52.1 Å². The number of amides is 3. The maximum absolute atomic E-state index is 14.3. The number of aliphatic imine (C=N–C) groups is 1. The van der Waals surface area contributed by atoms with Gasteiger partial charge in [-0.3, -0.25) is 28.7 Å². The monoisotopic (exact) mass is 967 g/mol. The van der Waals surface area contributed by atoms with E-state index in [1.807, 2.05) is 87.7 Å². The number of nitrogens with zero attached hydrogens (tertiary/aromatic N) is 7. The molecule has 3 amide bonds. The second-order valence-electron chi connectivity index (χ2n) is 18.6. The molecule has 3 aromatic heterocycles. The summed E-state index contributed by atoms with van der Waals surface area (Å²) in [6.45, 7) is 14.5. The lowest BCUT2D eigenvalue weighted by Gasteiger charge is -2.35. The Balaban J connectivity index is 0.933. The van der Waals surface area contributed by atoms with Gasteiger partial charge in [0, 0.05) is 29.0 Å². The first-order valence-corrected chi connectivity index (χ1v) is 24.2. The van der Waals surface area contributed by atoms with Gasteiger partial charge in [0.05, 0.1) is 45.9 Å². The molecule has 3 aromatic carbocycles. The summed E-state index contributed by atoms with van der Waals surface area (Å²) in [5.74, 6) is -1.25. The largest absolute Gasteiger partial charge is 0.482 e. The van der Waals surface area contributed by atoms with Crippen LogP contribution in [-0.4, -0.2) is 95.6 Å². The fourth-order valence-corrected chi connectivity index (χ4v) is 10.8. The fourth-order valence-electron chi connectivity index (χ4n) is 8.79. The highest BCUT2D eigenvalue weighted by Gasteiger charge is 2.45. The minimum absolute atomic E-state index is 0.0454. The molecule has 2 aliphatic heterocycles. The molecule has 3 unspecified atom stereocenters. The topological polar surface area (TPSA) is 225 Å². The van der Waals surface area contributed by atoms with Crippen LogP contribution in [0.3, 0.4) is 0 Å². The van der Waals surface area contributed by atoms with Crippen LogP contribution in [0.25, 0.3) is 26.6 Å². The zero-order valence-corrected chi connectivity index (χ0v) is 41.2.